The molecule has 1 aromatic heterocycles. The minimum atomic E-state index is -4.82. The molecule has 0 aliphatic heterocycles. The van der Waals surface area contributed by atoms with Gasteiger partial charge in [-0.1, -0.05) is 12.5 Å². The highest BCUT2D eigenvalue weighted by molar-refractivity contribution is 6.28. The molecule has 0 aliphatic rings. The Morgan fingerprint density at radius 2 is 1.82 bits per heavy atom. The van der Waals surface area contributed by atoms with E-state index in [2.05, 4.69) is 14.7 Å². The second kappa shape index (κ2) is 8.72. The summed E-state index contributed by atoms with van der Waals surface area (Å²) in [6.45, 7) is 2.19. The molecule has 0 saturated carbocycles. The molecular weight excluding hydrogens is 405 g/mol. The van der Waals surface area contributed by atoms with Gasteiger partial charge in [-0.05, 0) is 56.1 Å². The smallest absolute Gasteiger partial charge is 0.406 e. The molecule has 0 atom stereocenters. The number of alkyl halides is 5. The van der Waals surface area contributed by atoms with E-state index in [0.717, 1.165) is 12.1 Å². The van der Waals surface area contributed by atoms with Gasteiger partial charge in [0.15, 0.2) is 0 Å². The van der Waals surface area contributed by atoms with Crippen molar-refractivity contribution in [3.63, 3.8) is 0 Å². The Morgan fingerprint density at radius 3 is 2.32 bits per heavy atom. The third kappa shape index (κ3) is 5.54. The summed E-state index contributed by atoms with van der Waals surface area (Å²) in [6, 6.07) is 4.86. The number of allylic oxidation sites excluding steroid dienone is 1. The molecule has 1 heterocycles. The highest BCUT2D eigenvalue weighted by atomic mass is 35.5. The Bertz CT molecular complexity index is 854. The maximum Gasteiger partial charge on any atom is 0.573 e. The fraction of sp³-hybridized carbons (Fsp3) is 0.333. The lowest BCUT2D eigenvalue weighted by atomic mass is 10.1. The summed E-state index contributed by atoms with van der Waals surface area (Å²) in [4.78, 5) is 8.65. The summed E-state index contributed by atoms with van der Waals surface area (Å²) in [5, 5.41) is -0.264. The van der Waals surface area contributed by atoms with Crippen LogP contribution in [0.2, 0.25) is 5.28 Å². The molecule has 28 heavy (non-hydrogen) atoms. The van der Waals surface area contributed by atoms with Crippen LogP contribution in [0.1, 0.15) is 25.8 Å². The molecule has 0 fully saturated rings. The summed E-state index contributed by atoms with van der Waals surface area (Å²) in [5.74, 6) is -0.501. The molecule has 0 radical (unpaired) electrons. The van der Waals surface area contributed by atoms with Crippen LogP contribution < -0.4 is 9.64 Å². The van der Waals surface area contributed by atoms with Crippen molar-refractivity contribution in [1.29, 1.82) is 0 Å². The molecule has 2 aromatic rings. The van der Waals surface area contributed by atoms with Gasteiger partial charge in [-0.2, -0.15) is 13.8 Å². The van der Waals surface area contributed by atoms with Gasteiger partial charge in [-0.25, -0.2) is 4.98 Å². The van der Waals surface area contributed by atoms with E-state index in [4.69, 9.17) is 11.6 Å². The van der Waals surface area contributed by atoms with Gasteiger partial charge in [0, 0.05) is 17.3 Å². The summed E-state index contributed by atoms with van der Waals surface area (Å²) >= 11 is 5.92. The van der Waals surface area contributed by atoms with Crippen LogP contribution in [-0.4, -0.2) is 22.9 Å². The van der Waals surface area contributed by atoms with Crippen LogP contribution in [0.25, 0.3) is 11.3 Å². The van der Waals surface area contributed by atoms with E-state index in [1.54, 1.807) is 6.92 Å². The second-order valence-electron chi connectivity index (χ2n) is 5.88. The summed E-state index contributed by atoms with van der Waals surface area (Å²) in [6.07, 6.45) is -2.97. The minimum absolute atomic E-state index is 0.0894. The van der Waals surface area contributed by atoms with E-state index in [9.17, 15) is 22.0 Å². The standard InChI is InChI=1S/C18H17ClF5N3O/c1-4-10(2)9-27(17(20)21)15-11(3)14(25-16(19)26-15)12-5-7-13(8-6-12)28-18(22,23)24/h5-9,17H,4H2,1-3H3. The predicted octanol–water partition coefficient (Wildman–Crippen LogP) is 6.35. The number of halogens is 6. The fourth-order valence-electron chi connectivity index (χ4n) is 2.36. The van der Waals surface area contributed by atoms with Gasteiger partial charge in [0.1, 0.15) is 11.6 Å². The molecular formula is C18H17ClF5N3O. The topological polar surface area (TPSA) is 38.2 Å². The molecule has 1 aromatic carbocycles. The number of rotatable bonds is 6. The van der Waals surface area contributed by atoms with E-state index in [1.165, 1.54) is 25.3 Å². The molecule has 0 bridgehead atoms. The molecule has 0 unspecified atom stereocenters. The van der Waals surface area contributed by atoms with Gasteiger partial charge in [0.05, 0.1) is 5.69 Å². The highest BCUT2D eigenvalue weighted by Gasteiger charge is 2.31. The average Bonchev–Trinajstić information content (AvgIpc) is 2.60. The van der Waals surface area contributed by atoms with Gasteiger partial charge in [0.25, 0.3) is 0 Å². The van der Waals surface area contributed by atoms with Crippen molar-refractivity contribution >= 4 is 17.4 Å². The van der Waals surface area contributed by atoms with Gasteiger partial charge in [0.2, 0.25) is 5.28 Å². The molecule has 0 aliphatic carbocycles. The van der Waals surface area contributed by atoms with Crippen LogP contribution in [0.5, 0.6) is 5.75 Å². The van der Waals surface area contributed by atoms with Crippen LogP contribution >= 0.6 is 11.6 Å². The van der Waals surface area contributed by atoms with Crippen molar-refractivity contribution in [2.75, 3.05) is 4.90 Å². The largest absolute Gasteiger partial charge is 0.573 e. The summed E-state index contributed by atoms with van der Waals surface area (Å²) in [5.41, 5.74) is 1.60. The SMILES string of the molecule is CCC(C)=CN(c1nc(Cl)nc(-c2ccc(OC(F)(F)F)cc2)c1C)C(F)F. The lowest BCUT2D eigenvalue weighted by Gasteiger charge is -2.22. The van der Waals surface area contributed by atoms with E-state index < -0.39 is 18.7 Å². The molecule has 0 spiro atoms. The lowest BCUT2D eigenvalue weighted by Crippen LogP contribution is -2.25. The third-order valence-electron chi connectivity index (χ3n) is 3.83. The number of hydrogen-bond acceptors (Lipinski definition) is 4. The van der Waals surface area contributed by atoms with Gasteiger partial charge in [-0.15, -0.1) is 13.2 Å². The maximum absolute atomic E-state index is 13.6. The van der Waals surface area contributed by atoms with Crippen molar-refractivity contribution in [2.24, 2.45) is 0 Å². The number of hydrogen-bond donors (Lipinski definition) is 0. The van der Waals surface area contributed by atoms with Gasteiger partial charge in [-0.3, -0.25) is 4.90 Å². The quantitative estimate of drug-likeness (QED) is 0.309. The van der Waals surface area contributed by atoms with Crippen molar-refractivity contribution in [3.8, 4) is 17.0 Å². The van der Waals surface area contributed by atoms with Crippen molar-refractivity contribution in [1.82, 2.24) is 9.97 Å². The molecule has 4 nitrogen and oxygen atoms in total. The lowest BCUT2D eigenvalue weighted by molar-refractivity contribution is -0.274. The highest BCUT2D eigenvalue weighted by Crippen LogP contribution is 2.33. The number of aromatic nitrogens is 2. The van der Waals surface area contributed by atoms with Crippen LogP contribution in [0.4, 0.5) is 27.8 Å². The first-order valence-corrected chi connectivity index (χ1v) is 8.53. The number of benzene rings is 1. The van der Waals surface area contributed by atoms with Gasteiger partial charge < -0.3 is 4.74 Å². The normalized spacial score (nSPS) is 12.4. The van der Waals surface area contributed by atoms with E-state index in [1.807, 2.05) is 6.92 Å². The number of anilines is 1. The van der Waals surface area contributed by atoms with Crippen molar-refractivity contribution < 1.29 is 26.7 Å². The van der Waals surface area contributed by atoms with E-state index in [-0.39, 0.29) is 16.8 Å². The van der Waals surface area contributed by atoms with Crippen molar-refractivity contribution in [3.05, 3.63) is 46.9 Å². The van der Waals surface area contributed by atoms with Crippen LogP contribution in [0, 0.1) is 6.92 Å². The Balaban J connectivity index is 2.50. The predicted molar refractivity (Wildman–Crippen MR) is 96.4 cm³/mol. The first-order chi connectivity index (χ1) is 13.0. The maximum atomic E-state index is 13.6. The first kappa shape index (κ1) is 21.9. The summed E-state index contributed by atoms with van der Waals surface area (Å²) in [7, 11) is 0. The zero-order valence-corrected chi connectivity index (χ0v) is 15.9. The molecule has 152 valence electrons. The zero-order chi connectivity index (χ0) is 21.1. The van der Waals surface area contributed by atoms with Crippen LogP contribution in [-0.2, 0) is 0 Å². The molecule has 10 heteroatoms. The monoisotopic (exact) mass is 421 g/mol. The Kier molecular flexibility index (Phi) is 6.82. The Morgan fingerprint density at radius 1 is 1.21 bits per heavy atom. The van der Waals surface area contributed by atoms with Crippen LogP contribution in [0.3, 0.4) is 0 Å². The zero-order valence-electron chi connectivity index (χ0n) is 15.2. The number of ether oxygens (including phenoxy) is 1. The third-order valence-corrected chi connectivity index (χ3v) is 4.00. The van der Waals surface area contributed by atoms with E-state index in [0.29, 0.717) is 28.0 Å². The Labute approximate surface area is 163 Å². The van der Waals surface area contributed by atoms with Crippen LogP contribution in [0.15, 0.2) is 36.0 Å². The second-order valence-corrected chi connectivity index (χ2v) is 6.21. The average molecular weight is 422 g/mol. The fourth-order valence-corrected chi connectivity index (χ4v) is 2.53. The molecule has 0 saturated heterocycles. The van der Waals surface area contributed by atoms with Crippen molar-refractivity contribution in [2.45, 2.75) is 40.1 Å². The van der Waals surface area contributed by atoms with E-state index >= 15 is 0 Å². The summed E-state index contributed by atoms with van der Waals surface area (Å²) < 4.78 is 67.9. The first-order valence-electron chi connectivity index (χ1n) is 8.16. The minimum Gasteiger partial charge on any atom is -0.406 e. The Hall–Kier alpha value is -2.42. The molecule has 0 amide bonds. The molecule has 2 rings (SSSR count). The van der Waals surface area contributed by atoms with Gasteiger partial charge >= 0.3 is 12.9 Å². The number of nitrogens with zero attached hydrogens (tertiary/aromatic N) is 3. The molecule has 0 N–H and O–H groups in total.